The molecule has 0 amide bonds. The van der Waals surface area contributed by atoms with Crippen LogP contribution in [0.15, 0.2) is 30.3 Å². The average molecular weight is 249 g/mol. The predicted molar refractivity (Wildman–Crippen MR) is 72.5 cm³/mol. The molecule has 3 heteroatoms. The smallest absolute Gasteiger partial charge is 0.0992 e. The van der Waals surface area contributed by atoms with E-state index in [-0.39, 0.29) is 0 Å². The number of hydrogen-bond acceptors (Lipinski definition) is 3. The van der Waals surface area contributed by atoms with Crippen LogP contribution >= 0.6 is 0 Å². The van der Waals surface area contributed by atoms with Gasteiger partial charge in [0.1, 0.15) is 0 Å². The molecule has 1 aliphatic rings. The van der Waals surface area contributed by atoms with Gasteiger partial charge in [0.25, 0.3) is 0 Å². The van der Waals surface area contributed by atoms with E-state index >= 15 is 0 Å². The third-order valence-corrected chi connectivity index (χ3v) is 3.51. The first-order valence-corrected chi connectivity index (χ1v) is 6.79. The Hall–Kier alpha value is -0.900. The summed E-state index contributed by atoms with van der Waals surface area (Å²) < 4.78 is 5.65. The molecule has 2 unspecified atom stereocenters. The molecule has 0 bridgehead atoms. The third-order valence-electron chi connectivity index (χ3n) is 3.51. The first kappa shape index (κ1) is 13.5. The van der Waals surface area contributed by atoms with Crippen molar-refractivity contribution in [2.24, 2.45) is 0 Å². The molecule has 0 saturated carbocycles. The Bertz CT molecular complexity index is 345. The fraction of sp³-hybridized carbons (Fsp3) is 0.600. The van der Waals surface area contributed by atoms with Crippen LogP contribution in [0.3, 0.4) is 0 Å². The molecule has 1 aromatic rings. The minimum Gasteiger partial charge on any atom is -0.384 e. The lowest BCUT2D eigenvalue weighted by atomic mass is 9.96. The van der Waals surface area contributed by atoms with E-state index in [1.165, 1.54) is 12.8 Å². The Kier molecular flexibility index (Phi) is 4.75. The molecule has 2 atom stereocenters. The molecule has 1 saturated heterocycles. The van der Waals surface area contributed by atoms with E-state index in [9.17, 15) is 5.11 Å². The monoisotopic (exact) mass is 249 g/mol. The van der Waals surface area contributed by atoms with Crippen LogP contribution in [0.25, 0.3) is 0 Å². The zero-order valence-corrected chi connectivity index (χ0v) is 11.1. The molecular formula is C15H23NO2. The lowest BCUT2D eigenvalue weighted by molar-refractivity contribution is 0.00850. The van der Waals surface area contributed by atoms with Crippen molar-refractivity contribution in [1.82, 2.24) is 5.32 Å². The van der Waals surface area contributed by atoms with Gasteiger partial charge in [0, 0.05) is 19.7 Å². The largest absolute Gasteiger partial charge is 0.384 e. The molecule has 0 spiro atoms. The van der Waals surface area contributed by atoms with E-state index in [0.29, 0.717) is 12.6 Å². The van der Waals surface area contributed by atoms with Crippen molar-refractivity contribution >= 4 is 0 Å². The maximum Gasteiger partial charge on any atom is 0.0992 e. The van der Waals surface area contributed by atoms with Crippen molar-refractivity contribution in [3.05, 3.63) is 35.9 Å². The van der Waals surface area contributed by atoms with Gasteiger partial charge in [-0.05, 0) is 31.7 Å². The van der Waals surface area contributed by atoms with Gasteiger partial charge in [-0.25, -0.2) is 0 Å². The molecule has 100 valence electrons. The van der Waals surface area contributed by atoms with Crippen LogP contribution < -0.4 is 5.32 Å². The average Bonchev–Trinajstić information content (AvgIpc) is 2.41. The van der Waals surface area contributed by atoms with Crippen LogP contribution in [0.1, 0.15) is 31.7 Å². The van der Waals surface area contributed by atoms with Gasteiger partial charge in [-0.3, -0.25) is 0 Å². The number of ether oxygens (including phenoxy) is 1. The van der Waals surface area contributed by atoms with E-state index in [0.717, 1.165) is 25.1 Å². The molecule has 2 N–H and O–H groups in total. The quantitative estimate of drug-likeness (QED) is 0.839. The normalized spacial score (nSPS) is 23.6. The Morgan fingerprint density at radius 3 is 2.78 bits per heavy atom. The summed E-state index contributed by atoms with van der Waals surface area (Å²) in [6.07, 6.45) is 3.87. The zero-order chi connectivity index (χ0) is 12.8. The topological polar surface area (TPSA) is 41.5 Å². The highest BCUT2D eigenvalue weighted by Gasteiger charge is 2.23. The lowest BCUT2D eigenvalue weighted by Crippen LogP contribution is -2.40. The first-order valence-electron chi connectivity index (χ1n) is 6.79. The highest BCUT2D eigenvalue weighted by atomic mass is 16.5. The summed E-state index contributed by atoms with van der Waals surface area (Å²) in [6.45, 7) is 4.10. The first-order chi connectivity index (χ1) is 8.68. The molecule has 1 heterocycles. The van der Waals surface area contributed by atoms with E-state index in [4.69, 9.17) is 4.74 Å². The van der Waals surface area contributed by atoms with Gasteiger partial charge in [-0.2, -0.15) is 0 Å². The molecule has 18 heavy (non-hydrogen) atoms. The summed E-state index contributed by atoms with van der Waals surface area (Å²) in [5, 5.41) is 13.7. The van der Waals surface area contributed by atoms with Crippen molar-refractivity contribution in [2.75, 3.05) is 19.7 Å². The molecule has 0 radical (unpaired) electrons. The van der Waals surface area contributed by atoms with Crippen LogP contribution in [-0.4, -0.2) is 30.9 Å². The number of hydrogen-bond donors (Lipinski definition) is 2. The summed E-state index contributed by atoms with van der Waals surface area (Å²) in [5.74, 6) is 0. The van der Waals surface area contributed by atoms with Crippen LogP contribution in [0.2, 0.25) is 0 Å². The molecular weight excluding hydrogens is 226 g/mol. The summed E-state index contributed by atoms with van der Waals surface area (Å²) in [7, 11) is 0. The van der Waals surface area contributed by atoms with Gasteiger partial charge in [0.15, 0.2) is 0 Å². The zero-order valence-electron chi connectivity index (χ0n) is 11.1. The molecule has 3 nitrogen and oxygen atoms in total. The summed E-state index contributed by atoms with van der Waals surface area (Å²) in [4.78, 5) is 0. The molecule has 0 aliphatic carbocycles. The molecule has 0 aromatic heterocycles. The third kappa shape index (κ3) is 3.80. The van der Waals surface area contributed by atoms with Gasteiger partial charge in [-0.15, -0.1) is 0 Å². The van der Waals surface area contributed by atoms with Crippen molar-refractivity contribution < 1.29 is 9.84 Å². The summed E-state index contributed by atoms with van der Waals surface area (Å²) in [6, 6.07) is 9.78. The van der Waals surface area contributed by atoms with Crippen molar-refractivity contribution in [3.63, 3.8) is 0 Å². The second kappa shape index (κ2) is 6.32. The number of rotatable bonds is 5. The second-order valence-electron chi connectivity index (χ2n) is 5.26. The van der Waals surface area contributed by atoms with Crippen molar-refractivity contribution in [1.29, 1.82) is 0 Å². The van der Waals surface area contributed by atoms with Gasteiger partial charge in [0.2, 0.25) is 0 Å². The maximum absolute atomic E-state index is 10.4. The maximum atomic E-state index is 10.4. The molecule has 1 aromatic carbocycles. The summed E-state index contributed by atoms with van der Waals surface area (Å²) >= 11 is 0. The standard InChI is InChI=1S/C15H23NO2/c1-15(17,13-7-3-2-4-8-13)12-16-11-14-9-5-6-10-18-14/h2-4,7-8,14,16-17H,5-6,9-12H2,1H3. The Morgan fingerprint density at radius 1 is 1.33 bits per heavy atom. The Morgan fingerprint density at radius 2 is 2.11 bits per heavy atom. The minimum absolute atomic E-state index is 0.310. The number of benzene rings is 1. The fourth-order valence-corrected chi connectivity index (χ4v) is 2.34. The molecule has 1 aliphatic heterocycles. The van der Waals surface area contributed by atoms with Gasteiger partial charge in [0.05, 0.1) is 11.7 Å². The summed E-state index contributed by atoms with van der Waals surface area (Å²) in [5.41, 5.74) is 0.123. The lowest BCUT2D eigenvalue weighted by Gasteiger charge is -2.27. The van der Waals surface area contributed by atoms with E-state index in [1.54, 1.807) is 0 Å². The Labute approximate surface area is 109 Å². The van der Waals surface area contributed by atoms with E-state index in [1.807, 2.05) is 37.3 Å². The second-order valence-corrected chi connectivity index (χ2v) is 5.26. The van der Waals surface area contributed by atoms with Crippen LogP contribution in [-0.2, 0) is 10.3 Å². The van der Waals surface area contributed by atoms with Crippen LogP contribution in [0, 0.1) is 0 Å². The van der Waals surface area contributed by atoms with Crippen molar-refractivity contribution in [2.45, 2.75) is 37.9 Å². The minimum atomic E-state index is -0.823. The van der Waals surface area contributed by atoms with E-state index in [2.05, 4.69) is 5.32 Å². The highest BCUT2D eigenvalue weighted by Crippen LogP contribution is 2.19. The fourth-order valence-electron chi connectivity index (χ4n) is 2.34. The number of nitrogens with one attached hydrogen (secondary N) is 1. The molecule has 1 fully saturated rings. The van der Waals surface area contributed by atoms with E-state index < -0.39 is 5.60 Å². The highest BCUT2D eigenvalue weighted by molar-refractivity contribution is 5.21. The van der Waals surface area contributed by atoms with Gasteiger partial charge in [-0.1, -0.05) is 30.3 Å². The van der Waals surface area contributed by atoms with Gasteiger partial charge < -0.3 is 15.2 Å². The van der Waals surface area contributed by atoms with Gasteiger partial charge >= 0.3 is 0 Å². The Balaban J connectivity index is 1.78. The molecule has 2 rings (SSSR count). The van der Waals surface area contributed by atoms with Crippen molar-refractivity contribution in [3.8, 4) is 0 Å². The SMILES string of the molecule is CC(O)(CNCC1CCCCO1)c1ccccc1. The number of aliphatic hydroxyl groups is 1. The van der Waals surface area contributed by atoms with Crippen LogP contribution in [0.5, 0.6) is 0 Å². The van der Waals surface area contributed by atoms with Crippen LogP contribution in [0.4, 0.5) is 0 Å². The predicted octanol–water partition coefficient (Wildman–Crippen LogP) is 2.05.